The van der Waals surface area contributed by atoms with Gasteiger partial charge in [-0.05, 0) is 17.7 Å². The Morgan fingerprint density at radius 3 is 3.00 bits per heavy atom. The van der Waals surface area contributed by atoms with Crippen LogP contribution in [0.5, 0.6) is 0 Å². The molecule has 0 bridgehead atoms. The van der Waals surface area contributed by atoms with Gasteiger partial charge in [0.2, 0.25) is 5.85 Å². The topological polar surface area (TPSA) is 44.3 Å². The van der Waals surface area contributed by atoms with Crippen molar-refractivity contribution in [2.24, 2.45) is 0 Å². The monoisotopic (exact) mass is 176 g/mol. The molecule has 68 valence electrons. The van der Waals surface area contributed by atoms with Crippen molar-refractivity contribution in [3.05, 3.63) is 42.5 Å². The molecular weight excluding hydrogens is 164 g/mol. The van der Waals surface area contributed by atoms with Crippen molar-refractivity contribution >= 4 is 5.69 Å². The van der Waals surface area contributed by atoms with Crippen molar-refractivity contribution in [2.45, 2.75) is 12.4 Å². The van der Waals surface area contributed by atoms with Gasteiger partial charge in [-0.3, -0.25) is 5.32 Å². The van der Waals surface area contributed by atoms with Crippen LogP contribution in [0.25, 0.3) is 0 Å². The number of fused-ring (bicyclic) bond motifs is 1. The summed E-state index contributed by atoms with van der Waals surface area (Å²) in [7, 11) is 0. The molecule has 1 atom stereocenters. The van der Waals surface area contributed by atoms with Gasteiger partial charge in [-0.25, -0.2) is 0 Å². The van der Waals surface area contributed by atoms with Gasteiger partial charge in [0, 0.05) is 12.2 Å². The van der Waals surface area contributed by atoms with E-state index in [-0.39, 0.29) is 0 Å². The van der Waals surface area contributed by atoms with E-state index >= 15 is 0 Å². The molecule has 2 rings (SSSR count). The average molecular weight is 176 g/mol. The first-order chi connectivity index (χ1) is 6.23. The van der Waals surface area contributed by atoms with Gasteiger partial charge in [0.25, 0.3) is 0 Å². The van der Waals surface area contributed by atoms with E-state index in [4.69, 9.17) is 0 Å². The van der Waals surface area contributed by atoms with E-state index in [1.165, 1.54) is 6.08 Å². The van der Waals surface area contributed by atoms with Crippen LogP contribution in [0.1, 0.15) is 5.56 Å². The van der Waals surface area contributed by atoms with E-state index in [9.17, 15) is 5.11 Å². The first-order valence-electron chi connectivity index (χ1n) is 4.20. The smallest absolute Gasteiger partial charge is 0.213 e. The molecule has 1 aromatic carbocycles. The molecule has 0 aliphatic carbocycles. The van der Waals surface area contributed by atoms with Crippen molar-refractivity contribution in [3.8, 4) is 0 Å². The standard InChI is InChI=1S/C10H12N2O/c1-2-10(13)11-7-8-5-3-4-6-9(8)12-10/h2-6,11-13H,1,7H2. The molecule has 13 heavy (non-hydrogen) atoms. The third-order valence-electron chi connectivity index (χ3n) is 2.19. The maximum Gasteiger partial charge on any atom is 0.213 e. The van der Waals surface area contributed by atoms with Gasteiger partial charge in [0.05, 0.1) is 0 Å². The van der Waals surface area contributed by atoms with E-state index in [1.54, 1.807) is 0 Å². The molecule has 0 saturated heterocycles. The summed E-state index contributed by atoms with van der Waals surface area (Å²) >= 11 is 0. The SMILES string of the molecule is C=CC1(O)NCc2ccccc2N1. The first-order valence-corrected chi connectivity index (χ1v) is 4.20. The van der Waals surface area contributed by atoms with Gasteiger partial charge in [0.15, 0.2) is 0 Å². The number of hydrogen-bond acceptors (Lipinski definition) is 3. The molecule has 0 saturated carbocycles. The molecule has 1 aromatic rings. The Bertz CT molecular complexity index is 337. The Hall–Kier alpha value is -1.32. The number of benzene rings is 1. The number of hydrogen-bond donors (Lipinski definition) is 3. The predicted molar refractivity (Wildman–Crippen MR) is 52.1 cm³/mol. The van der Waals surface area contributed by atoms with Crippen LogP contribution >= 0.6 is 0 Å². The first kappa shape index (κ1) is 8.29. The summed E-state index contributed by atoms with van der Waals surface area (Å²) in [5, 5.41) is 15.7. The lowest BCUT2D eigenvalue weighted by molar-refractivity contribution is 0.0772. The minimum atomic E-state index is -1.17. The fourth-order valence-electron chi connectivity index (χ4n) is 1.40. The van der Waals surface area contributed by atoms with Crippen LogP contribution in [0.15, 0.2) is 36.9 Å². The van der Waals surface area contributed by atoms with Gasteiger partial charge >= 0.3 is 0 Å². The molecule has 0 radical (unpaired) electrons. The van der Waals surface area contributed by atoms with Crippen molar-refractivity contribution in [1.82, 2.24) is 5.32 Å². The zero-order valence-electron chi connectivity index (χ0n) is 7.25. The number of aliphatic hydroxyl groups is 1. The maximum atomic E-state index is 9.79. The molecule has 0 spiro atoms. The Labute approximate surface area is 77.1 Å². The minimum Gasteiger partial charge on any atom is -0.355 e. The summed E-state index contributed by atoms with van der Waals surface area (Å²) in [4.78, 5) is 0. The largest absolute Gasteiger partial charge is 0.355 e. The second-order valence-electron chi connectivity index (χ2n) is 3.11. The highest BCUT2D eigenvalue weighted by molar-refractivity contribution is 5.54. The van der Waals surface area contributed by atoms with E-state index in [1.807, 2.05) is 24.3 Å². The van der Waals surface area contributed by atoms with Crippen LogP contribution in [0.4, 0.5) is 5.69 Å². The summed E-state index contributed by atoms with van der Waals surface area (Å²) in [5.41, 5.74) is 2.10. The van der Waals surface area contributed by atoms with E-state index in [0.29, 0.717) is 6.54 Å². The summed E-state index contributed by atoms with van der Waals surface area (Å²) < 4.78 is 0. The molecular formula is C10H12N2O. The van der Waals surface area contributed by atoms with E-state index < -0.39 is 5.85 Å². The zero-order valence-corrected chi connectivity index (χ0v) is 7.25. The third-order valence-corrected chi connectivity index (χ3v) is 2.19. The summed E-state index contributed by atoms with van der Waals surface area (Å²) in [6, 6.07) is 7.85. The summed E-state index contributed by atoms with van der Waals surface area (Å²) in [5.74, 6) is -1.17. The Morgan fingerprint density at radius 2 is 2.23 bits per heavy atom. The Morgan fingerprint density at radius 1 is 1.46 bits per heavy atom. The zero-order chi connectivity index (χ0) is 9.31. The van der Waals surface area contributed by atoms with Gasteiger partial charge < -0.3 is 10.4 Å². The lowest BCUT2D eigenvalue weighted by atomic mass is 10.1. The molecule has 1 unspecified atom stereocenters. The van der Waals surface area contributed by atoms with Gasteiger partial charge in [-0.1, -0.05) is 24.8 Å². The molecule has 0 aromatic heterocycles. The second-order valence-corrected chi connectivity index (χ2v) is 3.11. The van der Waals surface area contributed by atoms with Crippen LogP contribution in [-0.2, 0) is 6.54 Å². The lowest BCUT2D eigenvalue weighted by Crippen LogP contribution is -2.52. The van der Waals surface area contributed by atoms with Crippen molar-refractivity contribution < 1.29 is 5.11 Å². The van der Waals surface area contributed by atoms with Crippen LogP contribution in [0.3, 0.4) is 0 Å². The Kier molecular flexibility index (Phi) is 1.83. The molecule has 3 heteroatoms. The van der Waals surface area contributed by atoms with Gasteiger partial charge in [-0.15, -0.1) is 0 Å². The highest BCUT2D eigenvalue weighted by Gasteiger charge is 2.26. The molecule has 0 fully saturated rings. The number of nitrogens with one attached hydrogen (secondary N) is 2. The van der Waals surface area contributed by atoms with Crippen LogP contribution in [0, 0.1) is 0 Å². The average Bonchev–Trinajstić information content (AvgIpc) is 2.18. The number of para-hydroxylation sites is 1. The Balaban J connectivity index is 2.34. The third kappa shape index (κ3) is 1.43. The van der Waals surface area contributed by atoms with Crippen LogP contribution < -0.4 is 10.6 Å². The fraction of sp³-hybridized carbons (Fsp3) is 0.200. The van der Waals surface area contributed by atoms with Gasteiger partial charge in [0.1, 0.15) is 0 Å². The molecule has 3 N–H and O–H groups in total. The predicted octanol–water partition coefficient (Wildman–Crippen LogP) is 1.03. The molecule has 1 heterocycles. The van der Waals surface area contributed by atoms with E-state index in [0.717, 1.165) is 11.3 Å². The van der Waals surface area contributed by atoms with E-state index in [2.05, 4.69) is 17.2 Å². The molecule has 1 aliphatic heterocycles. The van der Waals surface area contributed by atoms with Crippen molar-refractivity contribution in [2.75, 3.05) is 5.32 Å². The number of anilines is 1. The summed E-state index contributed by atoms with van der Waals surface area (Å²) in [6.07, 6.45) is 1.45. The summed E-state index contributed by atoms with van der Waals surface area (Å²) in [6.45, 7) is 4.20. The minimum absolute atomic E-state index is 0.645. The highest BCUT2D eigenvalue weighted by Crippen LogP contribution is 2.22. The van der Waals surface area contributed by atoms with Crippen molar-refractivity contribution in [3.63, 3.8) is 0 Å². The lowest BCUT2D eigenvalue weighted by Gasteiger charge is -2.33. The normalized spacial score (nSPS) is 25.9. The van der Waals surface area contributed by atoms with Gasteiger partial charge in [-0.2, -0.15) is 0 Å². The quantitative estimate of drug-likeness (QED) is 0.560. The van der Waals surface area contributed by atoms with Crippen LogP contribution in [0.2, 0.25) is 0 Å². The fourth-order valence-corrected chi connectivity index (χ4v) is 1.40. The number of rotatable bonds is 1. The van der Waals surface area contributed by atoms with Crippen molar-refractivity contribution in [1.29, 1.82) is 0 Å². The molecule has 0 amide bonds. The maximum absolute atomic E-state index is 9.79. The highest BCUT2D eigenvalue weighted by atomic mass is 16.3. The van der Waals surface area contributed by atoms with Crippen LogP contribution in [-0.4, -0.2) is 11.0 Å². The molecule has 1 aliphatic rings. The molecule has 3 nitrogen and oxygen atoms in total. The second kappa shape index (κ2) is 2.87.